The second-order valence-corrected chi connectivity index (χ2v) is 5.43. The smallest absolute Gasteiger partial charge is 0.227 e. The van der Waals surface area contributed by atoms with Gasteiger partial charge >= 0.3 is 0 Å². The van der Waals surface area contributed by atoms with Crippen molar-refractivity contribution >= 4 is 5.91 Å². The zero-order valence-corrected chi connectivity index (χ0v) is 10.6. The van der Waals surface area contributed by atoms with E-state index in [1.807, 2.05) is 29.2 Å². The van der Waals surface area contributed by atoms with E-state index in [4.69, 9.17) is 10.5 Å². The van der Waals surface area contributed by atoms with E-state index in [9.17, 15) is 4.79 Å². The van der Waals surface area contributed by atoms with Crippen molar-refractivity contribution in [1.29, 1.82) is 0 Å². The van der Waals surface area contributed by atoms with Crippen LogP contribution in [0.3, 0.4) is 0 Å². The van der Waals surface area contributed by atoms with Gasteiger partial charge in [0.05, 0.1) is 13.5 Å². The fourth-order valence-corrected chi connectivity index (χ4v) is 2.75. The molecule has 0 radical (unpaired) electrons. The number of rotatable bonds is 3. The number of methoxy groups -OCH3 is 1. The van der Waals surface area contributed by atoms with Crippen molar-refractivity contribution in [2.45, 2.75) is 18.4 Å². The molecule has 3 rings (SSSR count). The summed E-state index contributed by atoms with van der Waals surface area (Å²) in [6.45, 7) is 1.57. The summed E-state index contributed by atoms with van der Waals surface area (Å²) in [6.07, 6.45) is 1.53. The molecule has 1 aromatic carbocycles. The van der Waals surface area contributed by atoms with Crippen LogP contribution >= 0.6 is 0 Å². The summed E-state index contributed by atoms with van der Waals surface area (Å²) in [5.74, 6) is 1.53. The first-order valence-electron chi connectivity index (χ1n) is 6.30. The van der Waals surface area contributed by atoms with Crippen molar-refractivity contribution in [3.63, 3.8) is 0 Å². The SMILES string of the molecule is COc1ccc(CC(=O)N2CC3CC3(N)C2)cc1. The lowest BCUT2D eigenvalue weighted by Crippen LogP contribution is -2.37. The number of hydrogen-bond donors (Lipinski definition) is 1. The number of amides is 1. The summed E-state index contributed by atoms with van der Waals surface area (Å²) in [7, 11) is 1.64. The highest BCUT2D eigenvalue weighted by Gasteiger charge is 2.58. The molecular formula is C14H18N2O2. The van der Waals surface area contributed by atoms with Gasteiger partial charge in [-0.3, -0.25) is 4.79 Å². The van der Waals surface area contributed by atoms with Crippen molar-refractivity contribution in [3.05, 3.63) is 29.8 Å². The standard InChI is InChI=1S/C14H18N2O2/c1-18-12-4-2-10(3-5-12)6-13(17)16-8-11-7-14(11,15)9-16/h2-5,11H,6-9,15H2,1H3. The Kier molecular flexibility index (Phi) is 2.55. The molecule has 1 aromatic rings. The Morgan fingerprint density at radius 2 is 2.22 bits per heavy atom. The molecule has 1 saturated carbocycles. The molecule has 1 saturated heterocycles. The quantitative estimate of drug-likeness (QED) is 0.858. The molecule has 2 aliphatic rings. The number of benzene rings is 1. The summed E-state index contributed by atoms with van der Waals surface area (Å²) >= 11 is 0. The number of nitrogens with two attached hydrogens (primary N) is 1. The lowest BCUT2D eigenvalue weighted by atomic mass is 10.1. The van der Waals surface area contributed by atoms with Crippen molar-refractivity contribution in [3.8, 4) is 5.75 Å². The van der Waals surface area contributed by atoms with Crippen LogP contribution in [0, 0.1) is 5.92 Å². The van der Waals surface area contributed by atoms with Gasteiger partial charge in [0.25, 0.3) is 0 Å². The molecule has 18 heavy (non-hydrogen) atoms. The molecular weight excluding hydrogens is 228 g/mol. The number of piperidine rings is 1. The van der Waals surface area contributed by atoms with Crippen LogP contribution in [0.5, 0.6) is 5.75 Å². The Hall–Kier alpha value is -1.55. The summed E-state index contributed by atoms with van der Waals surface area (Å²) in [5.41, 5.74) is 7.06. The zero-order valence-electron chi connectivity index (χ0n) is 10.6. The molecule has 1 amide bonds. The van der Waals surface area contributed by atoms with Gasteiger partial charge in [-0.2, -0.15) is 0 Å². The van der Waals surface area contributed by atoms with Crippen LogP contribution < -0.4 is 10.5 Å². The summed E-state index contributed by atoms with van der Waals surface area (Å²) in [5, 5.41) is 0. The average molecular weight is 246 g/mol. The number of hydrogen-bond acceptors (Lipinski definition) is 3. The van der Waals surface area contributed by atoms with Crippen LogP contribution in [0.2, 0.25) is 0 Å². The Balaban J connectivity index is 1.60. The van der Waals surface area contributed by atoms with E-state index in [2.05, 4.69) is 0 Å². The molecule has 0 aromatic heterocycles. The first-order chi connectivity index (χ1) is 8.60. The Morgan fingerprint density at radius 1 is 1.50 bits per heavy atom. The molecule has 4 nitrogen and oxygen atoms in total. The topological polar surface area (TPSA) is 55.6 Å². The van der Waals surface area contributed by atoms with E-state index in [0.717, 1.165) is 30.8 Å². The number of ether oxygens (including phenoxy) is 1. The molecule has 2 unspecified atom stereocenters. The predicted molar refractivity (Wildman–Crippen MR) is 68.3 cm³/mol. The normalized spacial score (nSPS) is 29.0. The highest BCUT2D eigenvalue weighted by molar-refractivity contribution is 5.79. The van der Waals surface area contributed by atoms with Gasteiger partial charge in [0, 0.05) is 18.6 Å². The second kappa shape index (κ2) is 3.99. The third kappa shape index (κ3) is 1.97. The zero-order chi connectivity index (χ0) is 12.8. The molecule has 1 aliphatic carbocycles. The molecule has 0 bridgehead atoms. The fraction of sp³-hybridized carbons (Fsp3) is 0.500. The van der Waals surface area contributed by atoms with Crippen LogP contribution in [-0.4, -0.2) is 36.5 Å². The molecule has 2 N–H and O–H groups in total. The average Bonchev–Trinajstić information content (AvgIpc) is 2.88. The molecule has 1 aliphatic heterocycles. The van der Waals surface area contributed by atoms with Crippen LogP contribution in [0.4, 0.5) is 0 Å². The van der Waals surface area contributed by atoms with E-state index in [0.29, 0.717) is 12.3 Å². The lowest BCUT2D eigenvalue weighted by Gasteiger charge is -2.19. The first-order valence-corrected chi connectivity index (χ1v) is 6.30. The van der Waals surface area contributed by atoms with Crippen LogP contribution in [-0.2, 0) is 11.2 Å². The molecule has 96 valence electrons. The van der Waals surface area contributed by atoms with Crippen molar-refractivity contribution in [2.75, 3.05) is 20.2 Å². The summed E-state index contributed by atoms with van der Waals surface area (Å²) in [4.78, 5) is 14.0. The third-order valence-corrected chi connectivity index (χ3v) is 4.07. The van der Waals surface area contributed by atoms with Crippen molar-refractivity contribution < 1.29 is 9.53 Å². The van der Waals surface area contributed by atoms with E-state index < -0.39 is 0 Å². The van der Waals surface area contributed by atoms with E-state index in [1.165, 1.54) is 0 Å². The third-order valence-electron chi connectivity index (χ3n) is 4.07. The van der Waals surface area contributed by atoms with Gasteiger partial charge in [-0.25, -0.2) is 0 Å². The molecule has 1 heterocycles. The van der Waals surface area contributed by atoms with Crippen LogP contribution in [0.1, 0.15) is 12.0 Å². The van der Waals surface area contributed by atoms with E-state index in [-0.39, 0.29) is 11.4 Å². The molecule has 0 spiro atoms. The minimum absolute atomic E-state index is 0.0600. The predicted octanol–water partition coefficient (Wildman–Crippen LogP) is 0.797. The number of likely N-dealkylation sites (tertiary alicyclic amines) is 1. The van der Waals surface area contributed by atoms with Gasteiger partial charge in [0.15, 0.2) is 0 Å². The maximum Gasteiger partial charge on any atom is 0.227 e. The van der Waals surface area contributed by atoms with Crippen molar-refractivity contribution in [2.24, 2.45) is 11.7 Å². The number of carbonyl (C=O) groups is 1. The van der Waals surface area contributed by atoms with Gasteiger partial charge in [-0.15, -0.1) is 0 Å². The maximum atomic E-state index is 12.1. The monoisotopic (exact) mass is 246 g/mol. The summed E-state index contributed by atoms with van der Waals surface area (Å²) < 4.78 is 5.10. The minimum atomic E-state index is -0.0600. The first kappa shape index (κ1) is 11.5. The van der Waals surface area contributed by atoms with Gasteiger partial charge < -0.3 is 15.4 Å². The van der Waals surface area contributed by atoms with Crippen LogP contribution in [0.25, 0.3) is 0 Å². The highest BCUT2D eigenvalue weighted by Crippen LogP contribution is 2.47. The lowest BCUT2D eigenvalue weighted by molar-refractivity contribution is -0.130. The Bertz CT molecular complexity index is 471. The van der Waals surface area contributed by atoms with Crippen molar-refractivity contribution in [1.82, 2.24) is 4.90 Å². The maximum absolute atomic E-state index is 12.1. The Labute approximate surface area is 107 Å². The molecule has 2 atom stereocenters. The van der Waals surface area contributed by atoms with E-state index >= 15 is 0 Å². The van der Waals surface area contributed by atoms with E-state index in [1.54, 1.807) is 7.11 Å². The van der Waals surface area contributed by atoms with Gasteiger partial charge in [0.1, 0.15) is 5.75 Å². The van der Waals surface area contributed by atoms with Gasteiger partial charge in [-0.1, -0.05) is 12.1 Å². The van der Waals surface area contributed by atoms with Gasteiger partial charge in [0.2, 0.25) is 5.91 Å². The van der Waals surface area contributed by atoms with Crippen LogP contribution in [0.15, 0.2) is 24.3 Å². The highest BCUT2D eigenvalue weighted by atomic mass is 16.5. The number of fused-ring (bicyclic) bond motifs is 1. The summed E-state index contributed by atoms with van der Waals surface area (Å²) in [6, 6.07) is 7.64. The number of carbonyl (C=O) groups excluding carboxylic acids is 1. The fourth-order valence-electron chi connectivity index (χ4n) is 2.75. The largest absolute Gasteiger partial charge is 0.497 e. The molecule has 4 heteroatoms. The Morgan fingerprint density at radius 3 is 2.78 bits per heavy atom. The number of nitrogens with zero attached hydrogens (tertiary/aromatic N) is 1. The molecule has 2 fully saturated rings. The minimum Gasteiger partial charge on any atom is -0.497 e. The second-order valence-electron chi connectivity index (χ2n) is 5.43. The van der Waals surface area contributed by atoms with Gasteiger partial charge in [-0.05, 0) is 30.0 Å².